The van der Waals surface area contributed by atoms with E-state index in [0.29, 0.717) is 6.10 Å². The van der Waals surface area contributed by atoms with Gasteiger partial charge in [-0.3, -0.25) is 0 Å². The molecule has 0 amide bonds. The minimum Gasteiger partial charge on any atom is -0.381 e. The van der Waals surface area contributed by atoms with Gasteiger partial charge in [-0.05, 0) is 31.6 Å². The van der Waals surface area contributed by atoms with Crippen LogP contribution in [0.15, 0.2) is 0 Å². The summed E-state index contributed by atoms with van der Waals surface area (Å²) < 4.78 is 10.4. The van der Waals surface area contributed by atoms with E-state index in [9.17, 15) is 0 Å². The van der Waals surface area contributed by atoms with Crippen LogP contribution >= 0.6 is 23.0 Å². The van der Waals surface area contributed by atoms with Crippen molar-refractivity contribution in [2.75, 3.05) is 13.7 Å². The van der Waals surface area contributed by atoms with Gasteiger partial charge in [0.2, 0.25) is 0 Å². The molecule has 1 aliphatic carbocycles. The lowest BCUT2D eigenvalue weighted by atomic mass is 9.88. The number of rotatable bonds is 3. The van der Waals surface area contributed by atoms with Crippen LogP contribution in [0.5, 0.6) is 0 Å². The van der Waals surface area contributed by atoms with Crippen LogP contribution in [0.3, 0.4) is 0 Å². The molecule has 0 aromatic heterocycles. The molecule has 11 heavy (non-hydrogen) atoms. The molecule has 0 aliphatic heterocycles. The summed E-state index contributed by atoms with van der Waals surface area (Å²) in [6.07, 6.45) is 5.46. The smallest absolute Gasteiger partial charge is 0.109 e. The largest absolute Gasteiger partial charge is 0.381 e. The molecule has 1 aliphatic rings. The summed E-state index contributed by atoms with van der Waals surface area (Å²) in [4.78, 5) is 0. The first kappa shape index (κ1) is 9.74. The minimum absolute atomic E-state index is 0.514. The second-order valence-electron chi connectivity index (χ2n) is 3.15. The van der Waals surface area contributed by atoms with Crippen LogP contribution in [0, 0.1) is 5.92 Å². The molecule has 0 N–H and O–H groups in total. The Balaban J connectivity index is 2.14. The lowest BCUT2D eigenvalue weighted by Crippen LogP contribution is -2.22. The second kappa shape index (κ2) is 5.32. The molecular weight excluding hydrogens is 255 g/mol. The van der Waals surface area contributed by atoms with Gasteiger partial charge in [0.05, 0.1) is 12.7 Å². The fourth-order valence-electron chi connectivity index (χ4n) is 1.62. The van der Waals surface area contributed by atoms with Crippen molar-refractivity contribution < 1.29 is 7.80 Å². The fraction of sp³-hybridized carbons (Fsp3) is 1.00. The Bertz CT molecular complexity index is 100. The van der Waals surface area contributed by atoms with Gasteiger partial charge in [0.1, 0.15) is 23.0 Å². The monoisotopic (exact) mass is 270 g/mol. The molecule has 0 aromatic rings. The Kier molecular flexibility index (Phi) is 4.71. The second-order valence-corrected chi connectivity index (χ2v) is 3.78. The van der Waals surface area contributed by atoms with Crippen LogP contribution in [-0.4, -0.2) is 19.8 Å². The van der Waals surface area contributed by atoms with Gasteiger partial charge in [-0.25, -0.2) is 0 Å². The Labute approximate surface area is 82.3 Å². The topological polar surface area (TPSA) is 18.5 Å². The summed E-state index contributed by atoms with van der Waals surface area (Å²) in [6.45, 7) is 0.914. The third-order valence-corrected chi connectivity index (χ3v) is 2.79. The van der Waals surface area contributed by atoms with Gasteiger partial charge in [0.25, 0.3) is 0 Å². The molecule has 0 heterocycles. The molecule has 1 saturated carbocycles. The first-order valence-corrected chi connectivity index (χ1v) is 5.01. The van der Waals surface area contributed by atoms with E-state index in [1.54, 1.807) is 7.11 Å². The molecule has 0 unspecified atom stereocenters. The Morgan fingerprint density at radius 2 is 1.91 bits per heavy atom. The number of hydrogen-bond acceptors (Lipinski definition) is 2. The molecule has 0 aromatic carbocycles. The maximum absolute atomic E-state index is 5.27. The van der Waals surface area contributed by atoms with E-state index in [1.807, 2.05) is 23.0 Å². The van der Waals surface area contributed by atoms with Crippen molar-refractivity contribution >= 4 is 23.0 Å². The Morgan fingerprint density at radius 3 is 2.36 bits per heavy atom. The van der Waals surface area contributed by atoms with Crippen LogP contribution in [-0.2, 0) is 7.80 Å². The molecule has 0 atom stereocenters. The first-order chi connectivity index (χ1) is 5.36. The van der Waals surface area contributed by atoms with Gasteiger partial charge in [0, 0.05) is 7.11 Å². The highest BCUT2D eigenvalue weighted by Gasteiger charge is 2.20. The Hall–Kier alpha value is 0.650. The highest BCUT2D eigenvalue weighted by molar-refractivity contribution is 14.1. The summed E-state index contributed by atoms with van der Waals surface area (Å²) in [7, 11) is 1.81. The van der Waals surface area contributed by atoms with Gasteiger partial charge >= 0.3 is 0 Å². The van der Waals surface area contributed by atoms with Crippen LogP contribution in [0.4, 0.5) is 0 Å². The zero-order chi connectivity index (χ0) is 8.10. The lowest BCUT2D eigenvalue weighted by molar-refractivity contribution is 0.0514. The summed E-state index contributed by atoms with van der Waals surface area (Å²) in [5, 5.41) is 0. The van der Waals surface area contributed by atoms with E-state index in [0.717, 1.165) is 12.5 Å². The van der Waals surface area contributed by atoms with E-state index in [4.69, 9.17) is 7.80 Å². The molecule has 2 nitrogen and oxygen atoms in total. The first-order valence-electron chi connectivity index (χ1n) is 4.13. The average molecular weight is 270 g/mol. The highest BCUT2D eigenvalue weighted by Crippen LogP contribution is 2.26. The van der Waals surface area contributed by atoms with Crippen LogP contribution in [0.1, 0.15) is 25.7 Å². The molecular formula is C8H15IO2. The summed E-state index contributed by atoms with van der Waals surface area (Å²) in [6, 6.07) is 0. The molecule has 3 heteroatoms. The highest BCUT2D eigenvalue weighted by atomic mass is 127. The predicted octanol–water partition coefficient (Wildman–Crippen LogP) is 2.56. The third-order valence-electron chi connectivity index (χ3n) is 2.43. The molecule has 0 saturated heterocycles. The number of ether oxygens (including phenoxy) is 1. The molecule has 0 spiro atoms. The van der Waals surface area contributed by atoms with Gasteiger partial charge in [-0.2, -0.15) is 0 Å². The van der Waals surface area contributed by atoms with Crippen LogP contribution < -0.4 is 0 Å². The standard InChI is InChI=1S/C8H15IO2/c1-10-8-4-2-7(3-5-8)6-11-9/h7-8H,2-6H2,1H3. The van der Waals surface area contributed by atoms with Crippen molar-refractivity contribution in [3.8, 4) is 0 Å². The summed E-state index contributed by atoms with van der Waals surface area (Å²) in [5.41, 5.74) is 0. The maximum Gasteiger partial charge on any atom is 0.109 e. The molecule has 1 rings (SSSR count). The zero-order valence-electron chi connectivity index (χ0n) is 6.88. The van der Waals surface area contributed by atoms with Crippen molar-refractivity contribution in [3.63, 3.8) is 0 Å². The predicted molar refractivity (Wildman–Crippen MR) is 52.7 cm³/mol. The molecule has 1 fully saturated rings. The van der Waals surface area contributed by atoms with Crippen molar-refractivity contribution in [2.24, 2.45) is 5.92 Å². The number of hydrogen-bond donors (Lipinski definition) is 0. The molecule has 66 valence electrons. The normalized spacial score (nSPS) is 32.2. The zero-order valence-corrected chi connectivity index (χ0v) is 9.04. The van der Waals surface area contributed by atoms with Crippen LogP contribution in [0.2, 0.25) is 0 Å². The van der Waals surface area contributed by atoms with E-state index in [-0.39, 0.29) is 0 Å². The summed E-state index contributed by atoms with van der Waals surface area (Å²) in [5.74, 6) is 0.776. The van der Waals surface area contributed by atoms with Crippen molar-refractivity contribution in [1.29, 1.82) is 0 Å². The van der Waals surface area contributed by atoms with Gasteiger partial charge in [0.15, 0.2) is 0 Å². The average Bonchev–Trinajstić information content (AvgIpc) is 2.07. The van der Waals surface area contributed by atoms with E-state index < -0.39 is 0 Å². The quantitative estimate of drug-likeness (QED) is 0.734. The van der Waals surface area contributed by atoms with Crippen molar-refractivity contribution in [2.45, 2.75) is 31.8 Å². The van der Waals surface area contributed by atoms with Crippen molar-refractivity contribution in [1.82, 2.24) is 0 Å². The van der Waals surface area contributed by atoms with Crippen molar-refractivity contribution in [3.05, 3.63) is 0 Å². The third kappa shape index (κ3) is 3.25. The van der Waals surface area contributed by atoms with Crippen LogP contribution in [0.25, 0.3) is 0 Å². The minimum atomic E-state index is 0.514. The molecule has 0 radical (unpaired) electrons. The fourth-order valence-corrected chi connectivity index (χ4v) is 2.13. The van der Waals surface area contributed by atoms with E-state index in [2.05, 4.69) is 0 Å². The Morgan fingerprint density at radius 1 is 1.27 bits per heavy atom. The van der Waals surface area contributed by atoms with E-state index in [1.165, 1.54) is 25.7 Å². The maximum atomic E-state index is 5.27. The van der Waals surface area contributed by atoms with Gasteiger partial charge in [-0.15, -0.1) is 0 Å². The lowest BCUT2D eigenvalue weighted by Gasteiger charge is -2.26. The summed E-state index contributed by atoms with van der Waals surface area (Å²) >= 11 is 1.97. The number of methoxy groups -OCH3 is 1. The van der Waals surface area contributed by atoms with Gasteiger partial charge in [-0.1, -0.05) is 0 Å². The number of halogens is 1. The molecule has 0 bridgehead atoms. The van der Waals surface area contributed by atoms with E-state index >= 15 is 0 Å². The van der Waals surface area contributed by atoms with Gasteiger partial charge < -0.3 is 7.80 Å². The SMILES string of the molecule is COC1CCC(COI)CC1.